The van der Waals surface area contributed by atoms with E-state index in [4.69, 9.17) is 9.84 Å². The van der Waals surface area contributed by atoms with Gasteiger partial charge in [-0.05, 0) is 25.0 Å². The summed E-state index contributed by atoms with van der Waals surface area (Å²) in [6, 6.07) is 8.93. The normalized spacial score (nSPS) is 15.0. The summed E-state index contributed by atoms with van der Waals surface area (Å²) in [4.78, 5) is 36.1. The van der Waals surface area contributed by atoms with Crippen LogP contribution in [0.2, 0.25) is 0 Å². The molecular formula is C16H20N2O5. The van der Waals surface area contributed by atoms with Gasteiger partial charge in [0.2, 0.25) is 5.91 Å². The third-order valence-electron chi connectivity index (χ3n) is 3.75. The molecule has 0 saturated carbocycles. The summed E-state index contributed by atoms with van der Waals surface area (Å²) < 4.78 is 5.28. The monoisotopic (exact) mass is 320 g/mol. The van der Waals surface area contributed by atoms with E-state index in [1.165, 1.54) is 0 Å². The topological polar surface area (TPSA) is 95.9 Å². The average Bonchev–Trinajstić information content (AvgIpc) is 2.58. The molecule has 23 heavy (non-hydrogen) atoms. The Bertz CT molecular complexity index is 553. The van der Waals surface area contributed by atoms with Gasteiger partial charge < -0.3 is 20.1 Å². The fourth-order valence-electron chi connectivity index (χ4n) is 2.38. The SMILES string of the molecule is O=C(COc1ccccc1)NCC(=O)N1CCC(C(=O)O)CC1. The Morgan fingerprint density at radius 3 is 2.43 bits per heavy atom. The third kappa shape index (κ3) is 5.28. The molecule has 2 N–H and O–H groups in total. The number of rotatable bonds is 6. The van der Waals surface area contributed by atoms with E-state index in [9.17, 15) is 14.4 Å². The van der Waals surface area contributed by atoms with Crippen LogP contribution in [0.1, 0.15) is 12.8 Å². The molecule has 0 aromatic heterocycles. The first-order valence-corrected chi connectivity index (χ1v) is 7.51. The molecule has 1 aromatic carbocycles. The number of benzene rings is 1. The Hall–Kier alpha value is -2.57. The van der Waals surface area contributed by atoms with Crippen molar-refractivity contribution in [2.45, 2.75) is 12.8 Å². The average molecular weight is 320 g/mol. The highest BCUT2D eigenvalue weighted by molar-refractivity contribution is 5.85. The highest BCUT2D eigenvalue weighted by Gasteiger charge is 2.26. The summed E-state index contributed by atoms with van der Waals surface area (Å²) >= 11 is 0. The van der Waals surface area contributed by atoms with Crippen molar-refractivity contribution in [3.63, 3.8) is 0 Å². The van der Waals surface area contributed by atoms with Gasteiger partial charge in [0.1, 0.15) is 5.75 Å². The van der Waals surface area contributed by atoms with E-state index < -0.39 is 5.97 Å². The van der Waals surface area contributed by atoms with Crippen molar-refractivity contribution in [2.24, 2.45) is 5.92 Å². The van der Waals surface area contributed by atoms with Crippen LogP contribution >= 0.6 is 0 Å². The van der Waals surface area contributed by atoms with Gasteiger partial charge in [0.05, 0.1) is 12.5 Å². The number of piperidine rings is 1. The number of hydrogen-bond donors (Lipinski definition) is 2. The lowest BCUT2D eigenvalue weighted by molar-refractivity contribution is -0.145. The number of carboxylic acid groups (broad SMARTS) is 1. The van der Waals surface area contributed by atoms with E-state index in [1.807, 2.05) is 6.07 Å². The van der Waals surface area contributed by atoms with Crippen molar-refractivity contribution in [2.75, 3.05) is 26.2 Å². The zero-order valence-electron chi connectivity index (χ0n) is 12.7. The van der Waals surface area contributed by atoms with Crippen molar-refractivity contribution >= 4 is 17.8 Å². The largest absolute Gasteiger partial charge is 0.484 e. The first-order chi connectivity index (χ1) is 11.1. The summed E-state index contributed by atoms with van der Waals surface area (Å²) in [5, 5.41) is 11.4. The summed E-state index contributed by atoms with van der Waals surface area (Å²) in [5.41, 5.74) is 0. The van der Waals surface area contributed by atoms with Crippen molar-refractivity contribution in [1.29, 1.82) is 0 Å². The number of ether oxygens (including phenoxy) is 1. The van der Waals surface area contributed by atoms with Crippen LogP contribution < -0.4 is 10.1 Å². The van der Waals surface area contributed by atoms with Gasteiger partial charge in [-0.2, -0.15) is 0 Å². The van der Waals surface area contributed by atoms with Gasteiger partial charge in [-0.25, -0.2) is 0 Å². The molecule has 1 heterocycles. The maximum absolute atomic E-state index is 12.0. The van der Waals surface area contributed by atoms with Gasteiger partial charge in [-0.3, -0.25) is 14.4 Å². The molecular weight excluding hydrogens is 300 g/mol. The number of nitrogens with one attached hydrogen (secondary N) is 1. The minimum Gasteiger partial charge on any atom is -0.484 e. The minimum absolute atomic E-state index is 0.102. The molecule has 2 rings (SSSR count). The molecule has 124 valence electrons. The van der Waals surface area contributed by atoms with Crippen LogP contribution in [0.25, 0.3) is 0 Å². The summed E-state index contributed by atoms with van der Waals surface area (Å²) in [5.74, 6) is -1.19. The van der Waals surface area contributed by atoms with Crippen LogP contribution in [0.5, 0.6) is 5.75 Å². The Balaban J connectivity index is 1.66. The van der Waals surface area contributed by atoms with Gasteiger partial charge in [0.15, 0.2) is 6.61 Å². The number of aliphatic carboxylic acids is 1. The number of nitrogens with zero attached hydrogens (tertiary/aromatic N) is 1. The van der Waals surface area contributed by atoms with Gasteiger partial charge in [0.25, 0.3) is 5.91 Å². The molecule has 0 aliphatic carbocycles. The van der Waals surface area contributed by atoms with Crippen molar-refractivity contribution in [1.82, 2.24) is 10.2 Å². The first-order valence-electron chi connectivity index (χ1n) is 7.51. The van der Waals surface area contributed by atoms with E-state index in [2.05, 4.69) is 5.32 Å². The molecule has 0 spiro atoms. The lowest BCUT2D eigenvalue weighted by atomic mass is 9.97. The van der Waals surface area contributed by atoms with E-state index >= 15 is 0 Å². The van der Waals surface area contributed by atoms with Gasteiger partial charge in [0, 0.05) is 13.1 Å². The quantitative estimate of drug-likeness (QED) is 0.796. The number of carbonyl (C=O) groups excluding carboxylic acids is 2. The van der Waals surface area contributed by atoms with E-state index in [0.29, 0.717) is 31.7 Å². The number of hydrogen-bond acceptors (Lipinski definition) is 4. The first kappa shape index (κ1) is 16.8. The van der Waals surface area contributed by atoms with Crippen LogP contribution in [0.3, 0.4) is 0 Å². The molecule has 0 unspecified atom stereocenters. The number of carboxylic acids is 1. The Morgan fingerprint density at radius 1 is 1.17 bits per heavy atom. The second kappa shape index (κ2) is 8.17. The number of carbonyl (C=O) groups is 3. The maximum Gasteiger partial charge on any atom is 0.306 e. The highest BCUT2D eigenvalue weighted by Crippen LogP contribution is 2.17. The zero-order valence-corrected chi connectivity index (χ0v) is 12.7. The number of para-hydroxylation sites is 1. The van der Waals surface area contributed by atoms with Crippen LogP contribution in [0.4, 0.5) is 0 Å². The second-order valence-corrected chi connectivity index (χ2v) is 5.37. The zero-order chi connectivity index (χ0) is 16.7. The number of likely N-dealkylation sites (tertiary alicyclic amines) is 1. The smallest absolute Gasteiger partial charge is 0.306 e. The van der Waals surface area contributed by atoms with E-state index in [0.717, 1.165) is 0 Å². The van der Waals surface area contributed by atoms with Crippen LogP contribution in [0, 0.1) is 5.92 Å². The fourth-order valence-corrected chi connectivity index (χ4v) is 2.38. The molecule has 1 aromatic rings. The molecule has 0 radical (unpaired) electrons. The lowest BCUT2D eigenvalue weighted by Gasteiger charge is -2.30. The predicted molar refractivity (Wildman–Crippen MR) is 81.9 cm³/mol. The standard InChI is InChI=1S/C16H20N2O5/c19-14(11-23-13-4-2-1-3-5-13)17-10-15(20)18-8-6-12(7-9-18)16(21)22/h1-5,12H,6-11H2,(H,17,19)(H,21,22). The van der Waals surface area contributed by atoms with Crippen LogP contribution in [-0.4, -0.2) is 54.0 Å². The van der Waals surface area contributed by atoms with Gasteiger partial charge >= 0.3 is 5.97 Å². The highest BCUT2D eigenvalue weighted by atomic mass is 16.5. The molecule has 1 fully saturated rings. The lowest BCUT2D eigenvalue weighted by Crippen LogP contribution is -2.45. The molecule has 0 bridgehead atoms. The van der Waals surface area contributed by atoms with Gasteiger partial charge in [-0.15, -0.1) is 0 Å². The third-order valence-corrected chi connectivity index (χ3v) is 3.75. The minimum atomic E-state index is -0.816. The van der Waals surface area contributed by atoms with Crippen LogP contribution in [-0.2, 0) is 14.4 Å². The predicted octanol–water partition coefficient (Wildman–Crippen LogP) is 0.505. The summed E-state index contributed by atoms with van der Waals surface area (Å²) in [6.07, 6.45) is 0.901. The summed E-state index contributed by atoms with van der Waals surface area (Å²) in [6.45, 7) is 0.561. The Kier molecular flexibility index (Phi) is 5.96. The number of amides is 2. The molecule has 1 aliphatic heterocycles. The molecule has 1 saturated heterocycles. The molecule has 0 atom stereocenters. The van der Waals surface area contributed by atoms with Crippen LogP contribution in [0.15, 0.2) is 30.3 Å². The van der Waals surface area contributed by atoms with Crippen molar-refractivity contribution in [3.05, 3.63) is 30.3 Å². The molecule has 7 nitrogen and oxygen atoms in total. The van der Waals surface area contributed by atoms with Crippen molar-refractivity contribution < 1.29 is 24.2 Å². The maximum atomic E-state index is 12.0. The summed E-state index contributed by atoms with van der Waals surface area (Å²) in [7, 11) is 0. The molecule has 2 amide bonds. The Morgan fingerprint density at radius 2 is 1.83 bits per heavy atom. The van der Waals surface area contributed by atoms with E-state index in [-0.39, 0.29) is 30.9 Å². The van der Waals surface area contributed by atoms with Gasteiger partial charge in [-0.1, -0.05) is 18.2 Å². The molecule has 7 heteroatoms. The van der Waals surface area contributed by atoms with Crippen molar-refractivity contribution in [3.8, 4) is 5.75 Å². The second-order valence-electron chi connectivity index (χ2n) is 5.37. The van der Waals surface area contributed by atoms with E-state index in [1.54, 1.807) is 29.2 Å². The fraction of sp³-hybridized carbons (Fsp3) is 0.438. The molecule has 1 aliphatic rings. The Labute approximate surface area is 134 Å².